The summed E-state index contributed by atoms with van der Waals surface area (Å²) < 4.78 is 0. The van der Waals surface area contributed by atoms with Crippen LogP contribution in [-0.2, 0) is 9.59 Å². The number of nitrogens with one attached hydrogen (secondary N) is 2. The average molecular weight is 474 g/mol. The normalized spacial score (nSPS) is 13.6. The molecule has 0 aliphatic carbocycles. The van der Waals surface area contributed by atoms with E-state index in [4.69, 9.17) is 11.6 Å². The Bertz CT molecular complexity index is 1310. The highest BCUT2D eigenvalue weighted by atomic mass is 35.5. The highest BCUT2D eigenvalue weighted by Crippen LogP contribution is 2.31. The van der Waals surface area contributed by atoms with Gasteiger partial charge in [-0.15, -0.1) is 0 Å². The first-order chi connectivity index (χ1) is 16.2. The lowest BCUT2D eigenvalue weighted by atomic mass is 10.0. The summed E-state index contributed by atoms with van der Waals surface area (Å²) in [5.41, 5.74) is 4.08. The van der Waals surface area contributed by atoms with Crippen LogP contribution in [-0.4, -0.2) is 17.7 Å². The fraction of sp³-hybridized carbons (Fsp3) is 0.148. The van der Waals surface area contributed by atoms with Crippen molar-refractivity contribution >= 4 is 46.4 Å². The van der Waals surface area contributed by atoms with Crippen molar-refractivity contribution in [1.82, 2.24) is 0 Å². The molecule has 2 N–H and O–H groups in total. The number of nitrogens with zero attached hydrogens (tertiary/aromatic N) is 1. The number of amides is 3. The number of aryl methyl sites for hydroxylation is 1. The minimum absolute atomic E-state index is 0.0316. The van der Waals surface area contributed by atoms with Gasteiger partial charge in [0.25, 0.3) is 17.7 Å². The summed E-state index contributed by atoms with van der Waals surface area (Å²) >= 11 is 6.25. The van der Waals surface area contributed by atoms with Crippen molar-refractivity contribution in [2.45, 2.75) is 26.7 Å². The Morgan fingerprint density at radius 1 is 0.882 bits per heavy atom. The monoisotopic (exact) mass is 473 g/mol. The number of imide groups is 1. The zero-order valence-corrected chi connectivity index (χ0v) is 19.8. The predicted molar refractivity (Wildman–Crippen MR) is 135 cm³/mol. The van der Waals surface area contributed by atoms with Gasteiger partial charge < -0.3 is 10.6 Å². The number of halogens is 1. The van der Waals surface area contributed by atoms with E-state index in [1.807, 2.05) is 43.3 Å². The quantitative estimate of drug-likeness (QED) is 0.443. The average Bonchev–Trinajstić information content (AvgIpc) is 3.02. The molecule has 1 aliphatic heterocycles. The first-order valence-corrected chi connectivity index (χ1v) is 11.3. The first kappa shape index (κ1) is 23.3. The lowest BCUT2D eigenvalue weighted by Crippen LogP contribution is -2.32. The second-order valence-corrected chi connectivity index (χ2v) is 8.79. The Morgan fingerprint density at radius 2 is 1.56 bits per heavy atom. The molecule has 0 bridgehead atoms. The Balaban J connectivity index is 1.52. The van der Waals surface area contributed by atoms with E-state index in [2.05, 4.69) is 24.5 Å². The Morgan fingerprint density at radius 3 is 2.24 bits per heavy atom. The number of carbonyl (C=O) groups is 3. The summed E-state index contributed by atoms with van der Waals surface area (Å²) in [7, 11) is 0. The van der Waals surface area contributed by atoms with E-state index in [1.165, 1.54) is 0 Å². The highest BCUT2D eigenvalue weighted by molar-refractivity contribution is 6.53. The highest BCUT2D eigenvalue weighted by Gasteiger charge is 2.39. The van der Waals surface area contributed by atoms with Gasteiger partial charge in [-0.25, -0.2) is 4.90 Å². The van der Waals surface area contributed by atoms with Crippen molar-refractivity contribution in [3.63, 3.8) is 0 Å². The summed E-state index contributed by atoms with van der Waals surface area (Å²) in [5.74, 6) is -1.12. The molecule has 0 fully saturated rings. The molecule has 3 amide bonds. The van der Waals surface area contributed by atoms with Crippen molar-refractivity contribution in [3.8, 4) is 0 Å². The van der Waals surface area contributed by atoms with E-state index in [1.54, 1.807) is 36.4 Å². The molecule has 0 atom stereocenters. The molecule has 0 aromatic heterocycles. The van der Waals surface area contributed by atoms with Gasteiger partial charge in [0.05, 0.1) is 5.69 Å². The second-order valence-electron chi connectivity index (χ2n) is 8.41. The summed E-state index contributed by atoms with van der Waals surface area (Å²) in [6.07, 6.45) is 0. The van der Waals surface area contributed by atoms with E-state index < -0.39 is 11.8 Å². The van der Waals surface area contributed by atoms with Gasteiger partial charge in [0, 0.05) is 16.9 Å². The number of rotatable bonds is 6. The largest absolute Gasteiger partial charge is 0.350 e. The fourth-order valence-corrected chi connectivity index (χ4v) is 3.88. The van der Waals surface area contributed by atoms with Crippen LogP contribution in [0, 0.1) is 6.92 Å². The van der Waals surface area contributed by atoms with Crippen LogP contribution >= 0.6 is 11.6 Å². The molecule has 0 spiro atoms. The fourth-order valence-electron chi connectivity index (χ4n) is 3.66. The van der Waals surface area contributed by atoms with Crippen molar-refractivity contribution in [2.75, 3.05) is 15.5 Å². The molecule has 3 aromatic carbocycles. The number of anilines is 3. The molecule has 34 heavy (non-hydrogen) atoms. The van der Waals surface area contributed by atoms with Gasteiger partial charge in [-0.05, 0) is 66.4 Å². The standard InChI is InChI=1S/C27H24ClN3O3/c1-16(2)18-10-12-22(13-11-18)31-26(33)23(28)24(27(31)34)29-21-9-5-7-19(15-21)25(32)30-20-8-4-6-17(3)14-20/h4-16,29H,1-3H3,(H,30,32). The molecule has 172 valence electrons. The smallest absolute Gasteiger partial charge is 0.283 e. The molecule has 1 aliphatic rings. The molecular formula is C27H24ClN3O3. The first-order valence-electron chi connectivity index (χ1n) is 10.9. The molecule has 0 unspecified atom stereocenters. The van der Waals surface area contributed by atoms with E-state index in [-0.39, 0.29) is 16.6 Å². The third-order valence-corrected chi connectivity index (χ3v) is 5.87. The number of carbonyl (C=O) groups excluding carboxylic acids is 3. The van der Waals surface area contributed by atoms with Gasteiger partial charge in [-0.1, -0.05) is 55.8 Å². The van der Waals surface area contributed by atoms with Crippen molar-refractivity contribution in [1.29, 1.82) is 0 Å². The maximum Gasteiger partial charge on any atom is 0.283 e. The maximum absolute atomic E-state index is 13.1. The molecule has 4 rings (SSSR count). The van der Waals surface area contributed by atoms with Gasteiger partial charge >= 0.3 is 0 Å². The van der Waals surface area contributed by atoms with Crippen LogP contribution in [0.15, 0.2) is 83.5 Å². The van der Waals surface area contributed by atoms with Crippen LogP contribution in [0.5, 0.6) is 0 Å². The lowest BCUT2D eigenvalue weighted by molar-refractivity contribution is -0.120. The second kappa shape index (κ2) is 9.53. The Hall–Kier alpha value is -3.90. The van der Waals surface area contributed by atoms with E-state index in [0.717, 1.165) is 16.0 Å². The Kier molecular flexibility index (Phi) is 6.52. The van der Waals surface area contributed by atoms with E-state index >= 15 is 0 Å². The summed E-state index contributed by atoms with van der Waals surface area (Å²) in [6.45, 7) is 6.08. The van der Waals surface area contributed by atoms with Crippen LogP contribution in [0.1, 0.15) is 41.3 Å². The molecule has 0 saturated carbocycles. The van der Waals surface area contributed by atoms with E-state index in [0.29, 0.717) is 28.5 Å². The van der Waals surface area contributed by atoms with Crippen LogP contribution in [0.2, 0.25) is 0 Å². The topological polar surface area (TPSA) is 78.5 Å². The molecular weight excluding hydrogens is 450 g/mol. The lowest BCUT2D eigenvalue weighted by Gasteiger charge is -2.16. The van der Waals surface area contributed by atoms with Gasteiger partial charge in [-0.2, -0.15) is 0 Å². The number of benzene rings is 3. The predicted octanol–water partition coefficient (Wildman–Crippen LogP) is 5.81. The number of hydrogen-bond acceptors (Lipinski definition) is 4. The molecule has 1 heterocycles. The van der Waals surface area contributed by atoms with Gasteiger partial charge in [-0.3, -0.25) is 14.4 Å². The molecule has 3 aromatic rings. The van der Waals surface area contributed by atoms with Crippen molar-refractivity contribution in [3.05, 3.63) is 100 Å². The summed E-state index contributed by atoms with van der Waals surface area (Å²) in [6, 6.07) is 21.4. The van der Waals surface area contributed by atoms with Crippen LogP contribution in [0.3, 0.4) is 0 Å². The van der Waals surface area contributed by atoms with E-state index in [9.17, 15) is 14.4 Å². The van der Waals surface area contributed by atoms with Crippen molar-refractivity contribution < 1.29 is 14.4 Å². The summed E-state index contributed by atoms with van der Waals surface area (Å²) in [5, 5.41) is 5.57. The SMILES string of the molecule is Cc1cccc(NC(=O)c2cccc(NC3=C(Cl)C(=O)N(c4ccc(C(C)C)cc4)C3=O)c2)c1. The number of hydrogen-bond donors (Lipinski definition) is 2. The molecule has 6 nitrogen and oxygen atoms in total. The third-order valence-electron chi connectivity index (χ3n) is 5.52. The van der Waals surface area contributed by atoms with Crippen molar-refractivity contribution in [2.24, 2.45) is 0 Å². The van der Waals surface area contributed by atoms with Gasteiger partial charge in [0.15, 0.2) is 0 Å². The minimum Gasteiger partial charge on any atom is -0.350 e. The van der Waals surface area contributed by atoms with Crippen LogP contribution in [0.25, 0.3) is 0 Å². The molecule has 7 heteroatoms. The van der Waals surface area contributed by atoms with Gasteiger partial charge in [0.1, 0.15) is 10.7 Å². The zero-order valence-electron chi connectivity index (χ0n) is 19.1. The Labute approximate surface area is 203 Å². The summed E-state index contributed by atoms with van der Waals surface area (Å²) in [4.78, 5) is 39.6. The van der Waals surface area contributed by atoms with Crippen LogP contribution in [0.4, 0.5) is 17.1 Å². The zero-order chi connectivity index (χ0) is 24.4. The molecule has 0 radical (unpaired) electrons. The minimum atomic E-state index is -0.597. The molecule has 0 saturated heterocycles. The van der Waals surface area contributed by atoms with Gasteiger partial charge in [0.2, 0.25) is 0 Å². The maximum atomic E-state index is 13.1. The van der Waals surface area contributed by atoms with Crippen LogP contribution < -0.4 is 15.5 Å². The third kappa shape index (κ3) is 4.72.